The molecule has 24 heavy (non-hydrogen) atoms. The second-order valence-corrected chi connectivity index (χ2v) is 6.93. The van der Waals surface area contributed by atoms with Crippen LogP contribution in [0, 0.1) is 0 Å². The summed E-state index contributed by atoms with van der Waals surface area (Å²) >= 11 is 7.54. The first-order valence-corrected chi connectivity index (χ1v) is 8.84. The molecule has 6 heteroatoms. The molecular formula is C18H13ClN2O2S. The molecule has 0 aliphatic heterocycles. The standard InChI is InChI=1S/C18H13ClN2O2S/c19-12-5-7-13(8-6-12)24-10-9-21-11-20-16-14-3-1-2-4-15(14)23-17(16)18(21)22/h1-8,11H,9-10H2. The van der Waals surface area contributed by atoms with Crippen molar-refractivity contribution in [3.63, 3.8) is 0 Å². The molecule has 0 aliphatic carbocycles. The van der Waals surface area contributed by atoms with Crippen LogP contribution in [0.15, 0.2) is 69.0 Å². The van der Waals surface area contributed by atoms with Crippen molar-refractivity contribution in [1.29, 1.82) is 0 Å². The Bertz CT molecular complexity index is 1070. The smallest absolute Gasteiger partial charge is 0.297 e. The van der Waals surface area contributed by atoms with Crippen molar-refractivity contribution in [2.75, 3.05) is 5.75 Å². The molecule has 4 rings (SSSR count). The Morgan fingerprint density at radius 3 is 2.75 bits per heavy atom. The molecule has 0 amide bonds. The lowest BCUT2D eigenvalue weighted by Gasteiger charge is -2.05. The van der Waals surface area contributed by atoms with Gasteiger partial charge in [0, 0.05) is 27.6 Å². The number of benzene rings is 2. The number of thioether (sulfide) groups is 1. The van der Waals surface area contributed by atoms with Gasteiger partial charge in [0.05, 0.1) is 6.33 Å². The molecule has 0 fully saturated rings. The fourth-order valence-corrected chi connectivity index (χ4v) is 3.55. The van der Waals surface area contributed by atoms with Gasteiger partial charge in [0.1, 0.15) is 11.1 Å². The topological polar surface area (TPSA) is 48.0 Å². The first-order chi connectivity index (χ1) is 11.7. The number of hydrogen-bond acceptors (Lipinski definition) is 4. The van der Waals surface area contributed by atoms with E-state index in [1.807, 2.05) is 48.5 Å². The van der Waals surface area contributed by atoms with Crippen molar-refractivity contribution >= 4 is 45.4 Å². The lowest BCUT2D eigenvalue weighted by molar-refractivity contribution is 0.638. The molecule has 120 valence electrons. The van der Waals surface area contributed by atoms with E-state index in [0.29, 0.717) is 23.2 Å². The van der Waals surface area contributed by atoms with Gasteiger partial charge >= 0.3 is 0 Å². The van der Waals surface area contributed by atoms with Gasteiger partial charge in [-0.05, 0) is 36.4 Å². The van der Waals surface area contributed by atoms with Crippen molar-refractivity contribution in [3.8, 4) is 0 Å². The van der Waals surface area contributed by atoms with Crippen molar-refractivity contribution in [3.05, 3.63) is 70.2 Å². The number of hydrogen-bond donors (Lipinski definition) is 0. The van der Waals surface area contributed by atoms with Gasteiger partial charge in [0.2, 0.25) is 5.58 Å². The van der Waals surface area contributed by atoms with E-state index in [0.717, 1.165) is 21.1 Å². The Morgan fingerprint density at radius 1 is 1.12 bits per heavy atom. The van der Waals surface area contributed by atoms with Crippen molar-refractivity contribution < 1.29 is 4.42 Å². The number of fused-ring (bicyclic) bond motifs is 3. The molecule has 0 spiro atoms. The van der Waals surface area contributed by atoms with Gasteiger partial charge in [-0.15, -0.1) is 11.8 Å². The summed E-state index contributed by atoms with van der Waals surface area (Å²) in [5.41, 5.74) is 1.48. The molecule has 0 saturated carbocycles. The third-order valence-electron chi connectivity index (χ3n) is 3.77. The normalized spacial score (nSPS) is 11.4. The zero-order valence-corrected chi connectivity index (χ0v) is 14.2. The highest BCUT2D eigenvalue weighted by atomic mass is 35.5. The quantitative estimate of drug-likeness (QED) is 0.502. The van der Waals surface area contributed by atoms with Gasteiger partial charge in [-0.25, -0.2) is 4.98 Å². The average molecular weight is 357 g/mol. The van der Waals surface area contributed by atoms with E-state index < -0.39 is 0 Å². The predicted octanol–water partition coefficient (Wildman–Crippen LogP) is 4.59. The van der Waals surface area contributed by atoms with E-state index in [-0.39, 0.29) is 5.56 Å². The molecule has 4 nitrogen and oxygen atoms in total. The van der Waals surface area contributed by atoms with E-state index in [4.69, 9.17) is 16.0 Å². The van der Waals surface area contributed by atoms with E-state index in [1.165, 1.54) is 0 Å². The maximum absolute atomic E-state index is 12.6. The number of furan rings is 1. The summed E-state index contributed by atoms with van der Waals surface area (Å²) in [5, 5.41) is 1.59. The number of nitrogens with zero attached hydrogens (tertiary/aromatic N) is 2. The molecule has 2 heterocycles. The van der Waals surface area contributed by atoms with Crippen LogP contribution in [0.2, 0.25) is 5.02 Å². The van der Waals surface area contributed by atoms with Crippen LogP contribution in [-0.4, -0.2) is 15.3 Å². The molecule has 0 aliphatic rings. The predicted molar refractivity (Wildman–Crippen MR) is 98.0 cm³/mol. The van der Waals surface area contributed by atoms with Crippen LogP contribution >= 0.6 is 23.4 Å². The highest BCUT2D eigenvalue weighted by Gasteiger charge is 2.12. The second kappa shape index (κ2) is 6.34. The molecule has 0 unspecified atom stereocenters. The lowest BCUT2D eigenvalue weighted by atomic mass is 10.2. The first-order valence-electron chi connectivity index (χ1n) is 7.47. The van der Waals surface area contributed by atoms with Crippen LogP contribution in [0.4, 0.5) is 0 Å². The molecule has 0 atom stereocenters. The highest BCUT2D eigenvalue weighted by Crippen LogP contribution is 2.24. The van der Waals surface area contributed by atoms with E-state index >= 15 is 0 Å². The van der Waals surface area contributed by atoms with Crippen LogP contribution in [-0.2, 0) is 6.54 Å². The molecule has 0 N–H and O–H groups in total. The Labute approximate surface area is 147 Å². The minimum Gasteiger partial charge on any atom is -0.448 e. The minimum absolute atomic E-state index is 0.145. The third kappa shape index (κ3) is 2.81. The van der Waals surface area contributed by atoms with Crippen molar-refractivity contribution in [1.82, 2.24) is 9.55 Å². The Morgan fingerprint density at radius 2 is 1.92 bits per heavy atom. The van der Waals surface area contributed by atoms with Gasteiger partial charge in [-0.3, -0.25) is 9.36 Å². The molecule has 0 radical (unpaired) electrons. The van der Waals surface area contributed by atoms with Gasteiger partial charge in [-0.2, -0.15) is 0 Å². The van der Waals surface area contributed by atoms with Gasteiger partial charge < -0.3 is 4.42 Å². The first kappa shape index (κ1) is 15.3. The SMILES string of the molecule is O=c1c2oc3ccccc3c2ncn1CCSc1ccc(Cl)cc1. The van der Waals surface area contributed by atoms with Crippen LogP contribution < -0.4 is 5.56 Å². The maximum atomic E-state index is 12.6. The number of halogens is 1. The van der Waals surface area contributed by atoms with Crippen LogP contribution in [0.1, 0.15) is 0 Å². The fraction of sp³-hybridized carbons (Fsp3) is 0.111. The van der Waals surface area contributed by atoms with Crippen LogP contribution in [0.5, 0.6) is 0 Å². The monoisotopic (exact) mass is 356 g/mol. The summed E-state index contributed by atoms with van der Waals surface area (Å²) in [6, 6.07) is 15.2. The molecule has 0 bridgehead atoms. The Kier molecular flexibility index (Phi) is 4.04. The average Bonchev–Trinajstić information content (AvgIpc) is 2.98. The highest BCUT2D eigenvalue weighted by molar-refractivity contribution is 7.99. The Balaban J connectivity index is 1.58. The third-order valence-corrected chi connectivity index (χ3v) is 5.01. The van der Waals surface area contributed by atoms with Gasteiger partial charge in [-0.1, -0.05) is 23.7 Å². The number of aromatic nitrogens is 2. The maximum Gasteiger partial charge on any atom is 0.297 e. The zero-order chi connectivity index (χ0) is 16.5. The zero-order valence-electron chi connectivity index (χ0n) is 12.6. The summed E-state index contributed by atoms with van der Waals surface area (Å²) in [6.07, 6.45) is 1.59. The second-order valence-electron chi connectivity index (χ2n) is 5.32. The van der Waals surface area contributed by atoms with Crippen molar-refractivity contribution in [2.24, 2.45) is 0 Å². The summed E-state index contributed by atoms with van der Waals surface area (Å²) in [6.45, 7) is 0.562. The van der Waals surface area contributed by atoms with Crippen LogP contribution in [0.25, 0.3) is 22.1 Å². The van der Waals surface area contributed by atoms with Crippen LogP contribution in [0.3, 0.4) is 0 Å². The largest absolute Gasteiger partial charge is 0.448 e. The van der Waals surface area contributed by atoms with Gasteiger partial charge in [0.15, 0.2) is 0 Å². The number of rotatable bonds is 4. The van der Waals surface area contributed by atoms with E-state index in [1.54, 1.807) is 22.7 Å². The molecule has 4 aromatic rings. The molecule has 0 saturated heterocycles. The molecule has 2 aromatic carbocycles. The van der Waals surface area contributed by atoms with E-state index in [2.05, 4.69) is 4.98 Å². The van der Waals surface area contributed by atoms with E-state index in [9.17, 15) is 4.79 Å². The fourth-order valence-electron chi connectivity index (χ4n) is 2.57. The lowest BCUT2D eigenvalue weighted by Crippen LogP contribution is -2.21. The summed E-state index contributed by atoms with van der Waals surface area (Å²) < 4.78 is 7.28. The summed E-state index contributed by atoms with van der Waals surface area (Å²) in [7, 11) is 0. The molecule has 2 aromatic heterocycles. The number of para-hydroxylation sites is 1. The summed E-state index contributed by atoms with van der Waals surface area (Å²) in [5.74, 6) is 0.759. The minimum atomic E-state index is -0.145. The Hall–Kier alpha value is -2.24. The molecular weight excluding hydrogens is 344 g/mol. The summed E-state index contributed by atoms with van der Waals surface area (Å²) in [4.78, 5) is 18.1. The number of aryl methyl sites for hydroxylation is 1. The van der Waals surface area contributed by atoms with Gasteiger partial charge in [0.25, 0.3) is 5.56 Å². The van der Waals surface area contributed by atoms with Crippen molar-refractivity contribution in [2.45, 2.75) is 11.4 Å².